The number of carbonyl (C=O) groups is 1. The van der Waals surface area contributed by atoms with Crippen molar-refractivity contribution in [1.29, 1.82) is 0 Å². The molecule has 3 aromatic rings. The largest absolute Gasteiger partial charge is 0.459 e. The second kappa shape index (κ2) is 7.33. The topological polar surface area (TPSA) is 78.4 Å². The van der Waals surface area contributed by atoms with Crippen LogP contribution in [0.25, 0.3) is 17.7 Å². The summed E-state index contributed by atoms with van der Waals surface area (Å²) in [5.41, 5.74) is 0.538. The number of halogens is 2. The molecule has 8 heteroatoms. The lowest BCUT2D eigenvalue weighted by atomic mass is 10.2. The molecule has 0 aliphatic carbocycles. The van der Waals surface area contributed by atoms with Crippen LogP contribution in [0.15, 0.2) is 51.5 Å². The van der Waals surface area contributed by atoms with E-state index in [1.807, 2.05) is 0 Å². The summed E-state index contributed by atoms with van der Waals surface area (Å²) < 4.78 is 15.5. The molecule has 0 aliphatic heterocycles. The van der Waals surface area contributed by atoms with E-state index in [1.165, 1.54) is 18.4 Å². The molecule has 6 nitrogen and oxygen atoms in total. The average molecular weight is 365 g/mol. The Labute approximate surface area is 146 Å². The van der Waals surface area contributed by atoms with Crippen LogP contribution in [0.4, 0.5) is 0 Å². The first kappa shape index (κ1) is 16.3. The van der Waals surface area contributed by atoms with Crippen molar-refractivity contribution in [3.8, 4) is 11.7 Å². The highest BCUT2D eigenvalue weighted by atomic mass is 35.5. The minimum Gasteiger partial charge on any atom is -0.459 e. The fraction of sp³-hybridized carbons (Fsp3) is 0.0625. The summed E-state index contributed by atoms with van der Waals surface area (Å²) >= 11 is 12.0. The van der Waals surface area contributed by atoms with Crippen LogP contribution in [0.1, 0.15) is 11.5 Å². The van der Waals surface area contributed by atoms with Gasteiger partial charge < -0.3 is 13.6 Å². The first-order valence-corrected chi connectivity index (χ1v) is 7.54. The molecule has 0 aliphatic rings. The van der Waals surface area contributed by atoms with Gasteiger partial charge in [-0.3, -0.25) is 0 Å². The van der Waals surface area contributed by atoms with Crippen molar-refractivity contribution >= 4 is 35.2 Å². The van der Waals surface area contributed by atoms with E-state index in [1.54, 1.807) is 30.3 Å². The number of esters is 1. The molecule has 0 N–H and O–H groups in total. The SMILES string of the molecule is O=C(/C=C/c1c(Cl)cccc1Cl)OCc1nnc(-c2ccco2)o1. The molecule has 0 amide bonds. The number of carbonyl (C=O) groups excluding carboxylic acids is 1. The summed E-state index contributed by atoms with van der Waals surface area (Å²) in [6, 6.07) is 8.44. The third-order valence-electron chi connectivity index (χ3n) is 2.92. The molecule has 0 bridgehead atoms. The number of aromatic nitrogens is 2. The van der Waals surface area contributed by atoms with E-state index >= 15 is 0 Å². The first-order chi connectivity index (χ1) is 11.6. The molecule has 122 valence electrons. The van der Waals surface area contributed by atoms with E-state index in [0.29, 0.717) is 21.4 Å². The van der Waals surface area contributed by atoms with Gasteiger partial charge in [-0.2, -0.15) is 0 Å². The predicted octanol–water partition coefficient (Wildman–Crippen LogP) is 4.39. The van der Waals surface area contributed by atoms with E-state index in [2.05, 4.69) is 10.2 Å². The lowest BCUT2D eigenvalue weighted by Gasteiger charge is -2.01. The minimum atomic E-state index is -0.594. The summed E-state index contributed by atoms with van der Waals surface area (Å²) in [7, 11) is 0. The third kappa shape index (κ3) is 3.84. The Bertz CT molecular complexity index is 852. The lowest BCUT2D eigenvalue weighted by Crippen LogP contribution is -2.01. The Kier molecular flexibility index (Phi) is 4.98. The van der Waals surface area contributed by atoms with E-state index in [9.17, 15) is 4.79 Å². The van der Waals surface area contributed by atoms with Crippen LogP contribution in [0.2, 0.25) is 10.0 Å². The summed E-state index contributed by atoms with van der Waals surface area (Å²) in [5.74, 6) is 0.209. The number of hydrogen-bond donors (Lipinski definition) is 0. The smallest absolute Gasteiger partial charge is 0.331 e. The number of rotatable bonds is 5. The molecule has 24 heavy (non-hydrogen) atoms. The molecule has 3 rings (SSSR count). The van der Waals surface area contributed by atoms with Gasteiger partial charge in [-0.25, -0.2) is 4.79 Å². The molecular weight excluding hydrogens is 355 g/mol. The number of benzene rings is 1. The highest BCUT2D eigenvalue weighted by molar-refractivity contribution is 6.37. The van der Waals surface area contributed by atoms with Crippen molar-refractivity contribution in [2.45, 2.75) is 6.61 Å². The van der Waals surface area contributed by atoms with Gasteiger partial charge in [0.1, 0.15) is 0 Å². The Hall–Kier alpha value is -2.57. The fourth-order valence-electron chi connectivity index (χ4n) is 1.81. The minimum absolute atomic E-state index is 0.152. The highest BCUT2D eigenvalue weighted by Crippen LogP contribution is 2.25. The van der Waals surface area contributed by atoms with Gasteiger partial charge in [0.15, 0.2) is 12.4 Å². The molecule has 0 radical (unpaired) electrons. The van der Waals surface area contributed by atoms with Gasteiger partial charge >= 0.3 is 5.97 Å². The predicted molar refractivity (Wildman–Crippen MR) is 87.3 cm³/mol. The number of nitrogens with zero attached hydrogens (tertiary/aromatic N) is 2. The summed E-state index contributed by atoms with van der Waals surface area (Å²) in [4.78, 5) is 11.7. The van der Waals surface area contributed by atoms with Crippen molar-refractivity contribution in [2.75, 3.05) is 0 Å². The van der Waals surface area contributed by atoms with Gasteiger partial charge in [-0.15, -0.1) is 10.2 Å². The molecular formula is C16H10Cl2N2O4. The Balaban J connectivity index is 1.59. The monoisotopic (exact) mass is 364 g/mol. The molecule has 1 aromatic carbocycles. The second-order valence-electron chi connectivity index (χ2n) is 4.55. The maximum Gasteiger partial charge on any atom is 0.331 e. The van der Waals surface area contributed by atoms with Gasteiger partial charge in [0.25, 0.3) is 11.8 Å². The third-order valence-corrected chi connectivity index (χ3v) is 3.58. The van der Waals surface area contributed by atoms with Crippen LogP contribution in [0, 0.1) is 0 Å². The van der Waals surface area contributed by atoms with Crippen LogP contribution in [0.5, 0.6) is 0 Å². The zero-order valence-corrected chi connectivity index (χ0v) is 13.6. The summed E-state index contributed by atoms with van der Waals surface area (Å²) in [6.45, 7) is -0.160. The first-order valence-electron chi connectivity index (χ1n) is 6.78. The van der Waals surface area contributed by atoms with Crippen LogP contribution < -0.4 is 0 Å². The number of hydrogen-bond acceptors (Lipinski definition) is 6. The normalized spacial score (nSPS) is 11.1. The van der Waals surface area contributed by atoms with Crippen molar-refractivity contribution in [3.63, 3.8) is 0 Å². The molecule has 0 saturated carbocycles. The Morgan fingerprint density at radius 3 is 2.67 bits per heavy atom. The molecule has 0 fully saturated rings. The molecule has 0 atom stereocenters. The van der Waals surface area contributed by atoms with E-state index in [0.717, 1.165) is 0 Å². The summed E-state index contributed by atoms with van der Waals surface area (Å²) in [5, 5.41) is 8.44. The van der Waals surface area contributed by atoms with Gasteiger partial charge in [-0.05, 0) is 30.3 Å². The van der Waals surface area contributed by atoms with E-state index < -0.39 is 5.97 Å². The molecule has 0 spiro atoms. The summed E-state index contributed by atoms with van der Waals surface area (Å²) in [6.07, 6.45) is 4.19. The fourth-order valence-corrected chi connectivity index (χ4v) is 2.34. The Morgan fingerprint density at radius 1 is 1.17 bits per heavy atom. The zero-order chi connectivity index (χ0) is 16.9. The molecule has 0 unspecified atom stereocenters. The Morgan fingerprint density at radius 2 is 1.96 bits per heavy atom. The quantitative estimate of drug-likeness (QED) is 0.493. The van der Waals surface area contributed by atoms with Crippen LogP contribution in [-0.4, -0.2) is 16.2 Å². The molecule has 0 saturated heterocycles. The van der Waals surface area contributed by atoms with Crippen molar-refractivity contribution < 1.29 is 18.4 Å². The standard InChI is InChI=1S/C16H10Cl2N2O4/c17-11-3-1-4-12(18)10(11)6-7-15(21)23-9-14-19-20-16(24-14)13-5-2-8-22-13/h1-8H,9H2/b7-6+. The lowest BCUT2D eigenvalue weighted by molar-refractivity contribution is -0.139. The van der Waals surface area contributed by atoms with E-state index in [4.69, 9.17) is 36.8 Å². The van der Waals surface area contributed by atoms with Gasteiger partial charge in [-0.1, -0.05) is 29.3 Å². The van der Waals surface area contributed by atoms with Gasteiger partial charge in [0.05, 0.1) is 6.26 Å². The van der Waals surface area contributed by atoms with Gasteiger partial charge in [0.2, 0.25) is 0 Å². The number of ether oxygens (including phenoxy) is 1. The van der Waals surface area contributed by atoms with Gasteiger partial charge in [0, 0.05) is 21.7 Å². The molecule has 2 heterocycles. The number of furan rings is 1. The van der Waals surface area contributed by atoms with Crippen molar-refractivity contribution in [3.05, 3.63) is 64.2 Å². The molecule has 2 aromatic heterocycles. The maximum atomic E-state index is 11.7. The van der Waals surface area contributed by atoms with Crippen LogP contribution in [-0.2, 0) is 16.1 Å². The zero-order valence-electron chi connectivity index (χ0n) is 12.1. The van der Waals surface area contributed by atoms with Crippen LogP contribution in [0.3, 0.4) is 0 Å². The second-order valence-corrected chi connectivity index (χ2v) is 5.37. The van der Waals surface area contributed by atoms with Crippen molar-refractivity contribution in [2.24, 2.45) is 0 Å². The average Bonchev–Trinajstić information content (AvgIpc) is 3.23. The highest BCUT2D eigenvalue weighted by Gasteiger charge is 2.12. The van der Waals surface area contributed by atoms with E-state index in [-0.39, 0.29) is 18.4 Å². The van der Waals surface area contributed by atoms with Crippen LogP contribution >= 0.6 is 23.2 Å². The maximum absolute atomic E-state index is 11.7. The van der Waals surface area contributed by atoms with Crippen molar-refractivity contribution in [1.82, 2.24) is 10.2 Å².